The van der Waals surface area contributed by atoms with Crippen LogP contribution in [0.2, 0.25) is 0 Å². The molecule has 2 aliphatic rings. The van der Waals surface area contributed by atoms with Crippen molar-refractivity contribution in [3.63, 3.8) is 0 Å². The fourth-order valence-corrected chi connectivity index (χ4v) is 4.23. The highest BCUT2D eigenvalue weighted by atomic mass is 16.5. The van der Waals surface area contributed by atoms with Crippen molar-refractivity contribution in [1.29, 1.82) is 0 Å². The number of anilines is 1. The standard InChI is InChI=1S/C20H23N3O5/c1-20(2)7-10-15(11(24)8-20)14(16-18(21-10)22-23-19(16)26)9-5-12(27-3)17(25)13(6-9)28-4/h5-6,14,25H,7-8H2,1-4H3,(H3,21,22,23,26)/t14-/m0/s1. The molecule has 4 N–H and O–H groups in total. The van der Waals surface area contributed by atoms with Crippen molar-refractivity contribution in [2.24, 2.45) is 5.41 Å². The number of Topliss-reactive ketones (excluding diaryl/α,β-unsaturated/α-hetero) is 1. The molecule has 8 nitrogen and oxygen atoms in total. The number of phenols is 1. The normalized spacial score (nSPS) is 20.3. The lowest BCUT2D eigenvalue weighted by atomic mass is 9.69. The molecule has 2 aromatic rings. The van der Waals surface area contributed by atoms with Crippen molar-refractivity contribution < 1.29 is 19.4 Å². The predicted octanol–water partition coefficient (Wildman–Crippen LogP) is 2.63. The van der Waals surface area contributed by atoms with E-state index >= 15 is 0 Å². The molecule has 0 bridgehead atoms. The summed E-state index contributed by atoms with van der Waals surface area (Å²) in [6.07, 6.45) is 1.08. The average Bonchev–Trinajstić information content (AvgIpc) is 3.00. The number of fused-ring (bicyclic) bond motifs is 1. The Morgan fingerprint density at radius 1 is 1.07 bits per heavy atom. The van der Waals surface area contributed by atoms with Gasteiger partial charge in [-0.1, -0.05) is 13.8 Å². The van der Waals surface area contributed by atoms with Crippen LogP contribution in [0.5, 0.6) is 17.2 Å². The number of aromatic hydroxyl groups is 1. The Balaban J connectivity index is 1.98. The Kier molecular flexibility index (Phi) is 4.02. The Hall–Kier alpha value is -3.16. The minimum absolute atomic E-state index is 0.000934. The lowest BCUT2D eigenvalue weighted by Crippen LogP contribution is -2.35. The highest BCUT2D eigenvalue weighted by Gasteiger charge is 2.42. The van der Waals surface area contributed by atoms with Gasteiger partial charge in [-0.25, -0.2) is 0 Å². The quantitative estimate of drug-likeness (QED) is 0.645. The molecule has 0 fully saturated rings. The number of carbonyl (C=O) groups excluding carboxylic acids is 1. The van der Waals surface area contributed by atoms with Gasteiger partial charge in [-0.2, -0.15) is 0 Å². The summed E-state index contributed by atoms with van der Waals surface area (Å²) in [7, 11) is 2.88. The van der Waals surface area contributed by atoms with E-state index in [1.807, 2.05) is 13.8 Å². The molecule has 0 amide bonds. The van der Waals surface area contributed by atoms with Gasteiger partial charge >= 0.3 is 0 Å². The number of hydrogen-bond donors (Lipinski definition) is 4. The molecule has 8 heteroatoms. The van der Waals surface area contributed by atoms with Crippen molar-refractivity contribution in [3.05, 3.63) is 44.9 Å². The monoisotopic (exact) mass is 385 g/mol. The van der Waals surface area contributed by atoms with Gasteiger partial charge in [-0.05, 0) is 29.5 Å². The number of benzene rings is 1. The lowest BCUT2D eigenvalue weighted by molar-refractivity contribution is -0.118. The zero-order chi connectivity index (χ0) is 20.2. The van der Waals surface area contributed by atoms with Crippen LogP contribution in [0.4, 0.5) is 5.82 Å². The summed E-state index contributed by atoms with van der Waals surface area (Å²) < 4.78 is 10.5. The van der Waals surface area contributed by atoms with Crippen LogP contribution in [0, 0.1) is 5.41 Å². The van der Waals surface area contributed by atoms with Crippen molar-refractivity contribution in [2.75, 3.05) is 19.5 Å². The molecule has 0 unspecified atom stereocenters. The SMILES string of the molecule is COc1cc([C@H]2C3=C(CC(C)(C)CC3=O)Nc3[nH][nH]c(=O)c32)cc(OC)c1O. The zero-order valence-electron chi connectivity index (χ0n) is 16.2. The van der Waals surface area contributed by atoms with E-state index in [1.165, 1.54) is 14.2 Å². The van der Waals surface area contributed by atoms with Crippen LogP contribution in [-0.4, -0.2) is 35.3 Å². The second kappa shape index (κ2) is 6.19. The highest BCUT2D eigenvalue weighted by Crippen LogP contribution is 2.49. The maximum atomic E-state index is 13.1. The van der Waals surface area contributed by atoms with Crippen LogP contribution >= 0.6 is 0 Å². The third-order valence-electron chi connectivity index (χ3n) is 5.42. The summed E-state index contributed by atoms with van der Waals surface area (Å²) in [5.41, 5.74) is 1.97. The highest BCUT2D eigenvalue weighted by molar-refractivity contribution is 6.01. The Bertz CT molecular complexity index is 1040. The van der Waals surface area contributed by atoms with E-state index in [4.69, 9.17) is 9.47 Å². The number of H-pyrrole nitrogens is 2. The number of methoxy groups -OCH3 is 2. The van der Waals surface area contributed by atoms with E-state index < -0.39 is 5.92 Å². The summed E-state index contributed by atoms with van der Waals surface area (Å²) in [6, 6.07) is 3.28. The molecule has 1 aromatic heterocycles. The van der Waals surface area contributed by atoms with Gasteiger partial charge in [0.1, 0.15) is 5.82 Å². The second-order valence-corrected chi connectivity index (χ2v) is 8.03. The number of nitrogens with one attached hydrogen (secondary N) is 3. The maximum Gasteiger partial charge on any atom is 0.270 e. The second-order valence-electron chi connectivity index (χ2n) is 8.03. The molecular formula is C20H23N3O5. The summed E-state index contributed by atoms with van der Waals surface area (Å²) >= 11 is 0. The van der Waals surface area contributed by atoms with Crippen LogP contribution in [0.3, 0.4) is 0 Å². The maximum absolute atomic E-state index is 13.1. The molecule has 148 valence electrons. The largest absolute Gasteiger partial charge is 0.502 e. The number of carbonyl (C=O) groups is 1. The third-order valence-corrected chi connectivity index (χ3v) is 5.42. The Labute approximate surface area is 161 Å². The molecule has 1 aliphatic heterocycles. The fourth-order valence-electron chi connectivity index (χ4n) is 4.23. The van der Waals surface area contributed by atoms with Gasteiger partial charge in [0.2, 0.25) is 5.75 Å². The summed E-state index contributed by atoms with van der Waals surface area (Å²) in [5.74, 6) is 0.259. The molecule has 1 aromatic carbocycles. The van der Waals surface area contributed by atoms with Crippen molar-refractivity contribution in [1.82, 2.24) is 10.2 Å². The third kappa shape index (κ3) is 2.67. The number of aromatic nitrogens is 2. The number of hydrogen-bond acceptors (Lipinski definition) is 6. The fraction of sp³-hybridized carbons (Fsp3) is 0.400. The predicted molar refractivity (Wildman–Crippen MR) is 103 cm³/mol. The van der Waals surface area contributed by atoms with Crippen LogP contribution in [-0.2, 0) is 4.79 Å². The molecule has 4 rings (SSSR count). The molecular weight excluding hydrogens is 362 g/mol. The van der Waals surface area contributed by atoms with Gasteiger partial charge in [0.25, 0.3) is 5.56 Å². The molecule has 1 atom stereocenters. The number of aromatic amines is 2. The van der Waals surface area contributed by atoms with Gasteiger partial charge < -0.3 is 19.9 Å². The van der Waals surface area contributed by atoms with Crippen molar-refractivity contribution >= 4 is 11.6 Å². The number of ketones is 1. The minimum atomic E-state index is -0.590. The van der Waals surface area contributed by atoms with E-state index in [0.717, 1.165) is 5.70 Å². The Morgan fingerprint density at radius 3 is 2.32 bits per heavy atom. The van der Waals surface area contributed by atoms with E-state index in [1.54, 1.807) is 12.1 Å². The molecule has 0 saturated heterocycles. The average molecular weight is 385 g/mol. The van der Waals surface area contributed by atoms with Gasteiger partial charge in [-0.15, -0.1) is 0 Å². The first-order valence-electron chi connectivity index (χ1n) is 9.04. The van der Waals surface area contributed by atoms with Gasteiger partial charge in [-0.3, -0.25) is 19.8 Å². The Morgan fingerprint density at radius 2 is 1.71 bits per heavy atom. The van der Waals surface area contributed by atoms with Gasteiger partial charge in [0, 0.05) is 23.6 Å². The smallest absolute Gasteiger partial charge is 0.270 e. The van der Waals surface area contributed by atoms with Gasteiger partial charge in [0.05, 0.1) is 19.8 Å². The van der Waals surface area contributed by atoms with Crippen LogP contribution in [0.1, 0.15) is 43.7 Å². The molecule has 28 heavy (non-hydrogen) atoms. The summed E-state index contributed by atoms with van der Waals surface area (Å²) in [4.78, 5) is 25.7. The van der Waals surface area contributed by atoms with E-state index in [-0.39, 0.29) is 34.0 Å². The molecule has 0 spiro atoms. The number of rotatable bonds is 3. The van der Waals surface area contributed by atoms with Crippen molar-refractivity contribution in [3.8, 4) is 17.2 Å². The lowest BCUT2D eigenvalue weighted by Gasteiger charge is -2.38. The first-order chi connectivity index (χ1) is 13.3. The zero-order valence-corrected chi connectivity index (χ0v) is 16.2. The molecule has 0 radical (unpaired) electrons. The topological polar surface area (TPSA) is 116 Å². The van der Waals surface area contributed by atoms with E-state index in [2.05, 4.69) is 15.5 Å². The number of allylic oxidation sites excluding steroid dienone is 2. The molecule has 1 aliphatic carbocycles. The van der Waals surface area contributed by atoms with Crippen molar-refractivity contribution in [2.45, 2.75) is 32.6 Å². The van der Waals surface area contributed by atoms with E-state index in [9.17, 15) is 14.7 Å². The summed E-state index contributed by atoms with van der Waals surface area (Å²) in [6.45, 7) is 4.10. The summed E-state index contributed by atoms with van der Waals surface area (Å²) in [5, 5.41) is 19.0. The minimum Gasteiger partial charge on any atom is -0.502 e. The first-order valence-corrected chi connectivity index (χ1v) is 9.04. The van der Waals surface area contributed by atoms with Crippen LogP contribution < -0.4 is 20.3 Å². The van der Waals surface area contributed by atoms with Gasteiger partial charge in [0.15, 0.2) is 17.3 Å². The number of ether oxygens (including phenoxy) is 2. The van der Waals surface area contributed by atoms with Crippen LogP contribution in [0.15, 0.2) is 28.2 Å². The van der Waals surface area contributed by atoms with E-state index in [0.29, 0.717) is 35.4 Å². The first kappa shape index (κ1) is 18.2. The molecule has 0 saturated carbocycles. The molecule has 2 heterocycles. The number of phenolic OH excluding ortho intramolecular Hbond substituents is 1. The van der Waals surface area contributed by atoms with Crippen LogP contribution in [0.25, 0.3) is 0 Å².